The zero-order chi connectivity index (χ0) is 15.1. The van der Waals surface area contributed by atoms with Crippen LogP contribution in [0.3, 0.4) is 0 Å². The lowest BCUT2D eigenvalue weighted by atomic mass is 9.92. The highest BCUT2D eigenvalue weighted by molar-refractivity contribution is 5.76. The van der Waals surface area contributed by atoms with Crippen LogP contribution in [0.25, 0.3) is 0 Å². The van der Waals surface area contributed by atoms with Gasteiger partial charge >= 0.3 is 0 Å². The first-order chi connectivity index (χ1) is 10.2. The number of benzene rings is 1. The minimum Gasteiger partial charge on any atom is -0.494 e. The molecule has 1 amide bonds. The molecule has 1 aliphatic rings. The molecule has 1 aliphatic carbocycles. The lowest BCUT2D eigenvalue weighted by Crippen LogP contribution is -2.45. The van der Waals surface area contributed by atoms with Crippen molar-refractivity contribution >= 4 is 5.91 Å². The van der Waals surface area contributed by atoms with Crippen LogP contribution in [-0.4, -0.2) is 29.8 Å². The Morgan fingerprint density at radius 1 is 1.33 bits per heavy atom. The van der Waals surface area contributed by atoms with Crippen LogP contribution in [0.2, 0.25) is 0 Å². The summed E-state index contributed by atoms with van der Waals surface area (Å²) in [6.07, 6.45) is 4.49. The summed E-state index contributed by atoms with van der Waals surface area (Å²) in [5.41, 5.74) is 1.05. The van der Waals surface area contributed by atoms with Gasteiger partial charge in [0.05, 0.1) is 18.8 Å². The second-order valence-electron chi connectivity index (χ2n) is 5.57. The Labute approximate surface area is 126 Å². The molecule has 4 nitrogen and oxygen atoms in total. The molecule has 1 fully saturated rings. The molecular formula is C17H25NO3. The highest BCUT2D eigenvalue weighted by Crippen LogP contribution is 2.21. The van der Waals surface area contributed by atoms with Crippen LogP contribution in [0.4, 0.5) is 0 Å². The van der Waals surface area contributed by atoms with Gasteiger partial charge < -0.3 is 15.2 Å². The fraction of sp³-hybridized carbons (Fsp3) is 0.588. The minimum atomic E-state index is -0.390. The number of nitrogens with one attached hydrogen (secondary N) is 1. The lowest BCUT2D eigenvalue weighted by molar-refractivity contribution is -0.123. The van der Waals surface area contributed by atoms with Gasteiger partial charge in [0, 0.05) is 6.42 Å². The highest BCUT2D eigenvalue weighted by Gasteiger charge is 2.24. The van der Waals surface area contributed by atoms with E-state index in [1.54, 1.807) is 0 Å². The molecule has 0 spiro atoms. The summed E-state index contributed by atoms with van der Waals surface area (Å²) in [5.74, 6) is 0.859. The van der Waals surface area contributed by atoms with E-state index in [2.05, 4.69) is 5.32 Å². The molecule has 116 valence electrons. The number of hydrogen-bond donors (Lipinski definition) is 2. The number of amides is 1. The van der Waals surface area contributed by atoms with Gasteiger partial charge in [0.1, 0.15) is 5.75 Å². The van der Waals surface area contributed by atoms with Gasteiger partial charge in [-0.1, -0.05) is 31.0 Å². The van der Waals surface area contributed by atoms with Crippen molar-refractivity contribution in [2.75, 3.05) is 6.61 Å². The molecular weight excluding hydrogens is 266 g/mol. The van der Waals surface area contributed by atoms with Crippen LogP contribution in [0.5, 0.6) is 5.75 Å². The molecule has 0 heterocycles. The second kappa shape index (κ2) is 8.03. The van der Waals surface area contributed by atoms with Gasteiger partial charge in [0.15, 0.2) is 0 Å². The normalized spacial score (nSPS) is 21.8. The van der Waals surface area contributed by atoms with Crippen molar-refractivity contribution < 1.29 is 14.6 Å². The van der Waals surface area contributed by atoms with Crippen LogP contribution in [0, 0.1) is 0 Å². The molecule has 0 aliphatic heterocycles. The molecule has 0 bridgehead atoms. The number of rotatable bonds is 6. The summed E-state index contributed by atoms with van der Waals surface area (Å²) >= 11 is 0. The molecule has 1 aromatic carbocycles. The van der Waals surface area contributed by atoms with Crippen molar-refractivity contribution in [3.8, 4) is 5.75 Å². The quantitative estimate of drug-likeness (QED) is 0.846. The summed E-state index contributed by atoms with van der Waals surface area (Å²) in [7, 11) is 0. The topological polar surface area (TPSA) is 58.6 Å². The van der Waals surface area contributed by atoms with E-state index in [4.69, 9.17) is 4.74 Å². The maximum absolute atomic E-state index is 12.0. The first-order valence-corrected chi connectivity index (χ1v) is 7.89. The summed E-state index contributed by atoms with van der Waals surface area (Å²) < 4.78 is 5.56. The minimum absolute atomic E-state index is 0.00671. The third kappa shape index (κ3) is 4.74. The van der Waals surface area contributed by atoms with Gasteiger partial charge in [-0.3, -0.25) is 4.79 Å². The fourth-order valence-electron chi connectivity index (χ4n) is 2.81. The zero-order valence-corrected chi connectivity index (χ0v) is 12.7. The summed E-state index contributed by atoms with van der Waals surface area (Å²) in [6, 6.07) is 7.75. The van der Waals surface area contributed by atoms with Crippen LogP contribution in [0.15, 0.2) is 24.3 Å². The predicted octanol–water partition coefficient (Wildman–Crippen LogP) is 2.44. The Kier molecular flexibility index (Phi) is 6.05. The number of para-hydroxylation sites is 1. The fourth-order valence-corrected chi connectivity index (χ4v) is 2.81. The average Bonchev–Trinajstić information content (AvgIpc) is 2.49. The standard InChI is InChI=1S/C17H25NO3/c1-2-21-16-10-6-3-7-13(16)11-12-17(20)18-14-8-4-5-9-15(14)19/h3,6-7,10,14-15,19H,2,4-5,8-9,11-12H2,1H3,(H,18,20). The van der Waals surface area contributed by atoms with Gasteiger partial charge in [0.2, 0.25) is 5.91 Å². The Balaban J connectivity index is 1.83. The van der Waals surface area contributed by atoms with Crippen molar-refractivity contribution in [2.45, 2.75) is 57.6 Å². The van der Waals surface area contributed by atoms with Gasteiger partial charge in [0.25, 0.3) is 0 Å². The highest BCUT2D eigenvalue weighted by atomic mass is 16.5. The van der Waals surface area contributed by atoms with Gasteiger partial charge in [-0.2, -0.15) is 0 Å². The van der Waals surface area contributed by atoms with Crippen molar-refractivity contribution in [1.82, 2.24) is 5.32 Å². The second-order valence-corrected chi connectivity index (χ2v) is 5.57. The van der Waals surface area contributed by atoms with Crippen molar-refractivity contribution in [3.05, 3.63) is 29.8 Å². The van der Waals surface area contributed by atoms with Gasteiger partial charge in [-0.05, 0) is 37.8 Å². The third-order valence-electron chi connectivity index (χ3n) is 3.97. The largest absolute Gasteiger partial charge is 0.494 e. The number of aliphatic hydroxyl groups excluding tert-OH is 1. The lowest BCUT2D eigenvalue weighted by Gasteiger charge is -2.28. The van der Waals surface area contributed by atoms with E-state index < -0.39 is 6.10 Å². The molecule has 2 N–H and O–H groups in total. The zero-order valence-electron chi connectivity index (χ0n) is 12.7. The maximum atomic E-state index is 12.0. The van der Waals surface area contributed by atoms with Crippen LogP contribution >= 0.6 is 0 Å². The molecule has 0 radical (unpaired) electrons. The van der Waals surface area contributed by atoms with Crippen molar-refractivity contribution in [1.29, 1.82) is 0 Å². The monoisotopic (exact) mass is 291 g/mol. The van der Waals surface area contributed by atoms with Crippen LogP contribution < -0.4 is 10.1 Å². The summed E-state index contributed by atoms with van der Waals surface area (Å²) in [4.78, 5) is 12.0. The van der Waals surface area contributed by atoms with Crippen LogP contribution in [-0.2, 0) is 11.2 Å². The first kappa shape index (κ1) is 15.8. The molecule has 1 saturated carbocycles. The molecule has 2 unspecified atom stereocenters. The Hall–Kier alpha value is -1.55. The van der Waals surface area contributed by atoms with Crippen molar-refractivity contribution in [2.24, 2.45) is 0 Å². The molecule has 2 atom stereocenters. The van der Waals surface area contributed by atoms with E-state index in [-0.39, 0.29) is 11.9 Å². The number of carbonyl (C=O) groups is 1. The third-order valence-corrected chi connectivity index (χ3v) is 3.97. The van der Waals surface area contributed by atoms with E-state index in [1.807, 2.05) is 31.2 Å². The van der Waals surface area contributed by atoms with Crippen molar-refractivity contribution in [3.63, 3.8) is 0 Å². The SMILES string of the molecule is CCOc1ccccc1CCC(=O)NC1CCCCC1O. The molecule has 0 aromatic heterocycles. The Morgan fingerprint density at radius 2 is 2.10 bits per heavy atom. The van der Waals surface area contributed by atoms with E-state index in [1.165, 1.54) is 0 Å². The molecule has 1 aromatic rings. The number of hydrogen-bond acceptors (Lipinski definition) is 3. The molecule has 2 rings (SSSR count). The molecule has 0 saturated heterocycles. The van der Waals surface area contributed by atoms with Gasteiger partial charge in [-0.15, -0.1) is 0 Å². The van der Waals surface area contributed by atoms with Gasteiger partial charge in [-0.25, -0.2) is 0 Å². The number of carbonyl (C=O) groups excluding carboxylic acids is 1. The van der Waals surface area contributed by atoms with Crippen LogP contribution in [0.1, 0.15) is 44.6 Å². The Bertz CT molecular complexity index is 461. The number of aryl methyl sites for hydroxylation is 1. The number of ether oxygens (including phenoxy) is 1. The van der Waals surface area contributed by atoms with E-state index in [9.17, 15) is 9.90 Å². The Morgan fingerprint density at radius 3 is 2.86 bits per heavy atom. The molecule has 21 heavy (non-hydrogen) atoms. The smallest absolute Gasteiger partial charge is 0.220 e. The van der Waals surface area contributed by atoms with E-state index in [0.29, 0.717) is 19.4 Å². The number of aliphatic hydroxyl groups is 1. The van der Waals surface area contributed by atoms with E-state index >= 15 is 0 Å². The summed E-state index contributed by atoms with van der Waals surface area (Å²) in [5, 5.41) is 12.8. The van der Waals surface area contributed by atoms with E-state index in [0.717, 1.165) is 37.0 Å². The summed E-state index contributed by atoms with van der Waals surface area (Å²) in [6.45, 7) is 2.57. The maximum Gasteiger partial charge on any atom is 0.220 e. The first-order valence-electron chi connectivity index (χ1n) is 7.89. The predicted molar refractivity (Wildman–Crippen MR) is 82.3 cm³/mol. The average molecular weight is 291 g/mol. The molecule has 4 heteroatoms.